The van der Waals surface area contributed by atoms with Crippen molar-refractivity contribution in [2.24, 2.45) is 0 Å². The highest BCUT2D eigenvalue weighted by Crippen LogP contribution is 2.28. The largest absolute Gasteiger partial charge is 0.393 e. The lowest BCUT2D eigenvalue weighted by Crippen LogP contribution is -2.32. The molecule has 1 aliphatic rings. The summed E-state index contributed by atoms with van der Waals surface area (Å²) in [6, 6.07) is 7.79. The molecule has 2 rings (SSSR count). The number of aliphatic hydroxyl groups is 1. The zero-order valence-corrected chi connectivity index (χ0v) is 10.0. The van der Waals surface area contributed by atoms with Crippen LogP contribution in [-0.4, -0.2) is 30.2 Å². The zero-order chi connectivity index (χ0) is 12.3. The van der Waals surface area contributed by atoms with Crippen LogP contribution in [0.25, 0.3) is 0 Å². The summed E-state index contributed by atoms with van der Waals surface area (Å²) in [5, 5.41) is 12.6. The average Bonchev–Trinajstić information content (AvgIpc) is 2.45. The SMILES string of the molecule is CC(O)CCN1C(=O)CCNc2ccccc21. The van der Waals surface area contributed by atoms with Crippen LogP contribution in [0.2, 0.25) is 0 Å². The summed E-state index contributed by atoms with van der Waals surface area (Å²) in [7, 11) is 0. The lowest BCUT2D eigenvalue weighted by molar-refractivity contribution is -0.118. The molecule has 1 heterocycles. The zero-order valence-electron chi connectivity index (χ0n) is 10.0. The summed E-state index contributed by atoms with van der Waals surface area (Å²) in [5.74, 6) is 0.114. The van der Waals surface area contributed by atoms with E-state index in [1.807, 2.05) is 24.3 Å². The summed E-state index contributed by atoms with van der Waals surface area (Å²) in [5.41, 5.74) is 1.90. The Balaban J connectivity index is 2.24. The molecule has 0 aliphatic carbocycles. The van der Waals surface area contributed by atoms with Crippen LogP contribution in [0.3, 0.4) is 0 Å². The number of aliphatic hydroxyl groups excluding tert-OH is 1. The van der Waals surface area contributed by atoms with Crippen molar-refractivity contribution < 1.29 is 9.90 Å². The minimum atomic E-state index is -0.383. The normalized spacial score (nSPS) is 17.1. The van der Waals surface area contributed by atoms with Crippen LogP contribution >= 0.6 is 0 Å². The van der Waals surface area contributed by atoms with E-state index in [2.05, 4.69) is 5.32 Å². The lowest BCUT2D eigenvalue weighted by atomic mass is 10.2. The van der Waals surface area contributed by atoms with E-state index < -0.39 is 0 Å². The fraction of sp³-hybridized carbons (Fsp3) is 0.462. The minimum absolute atomic E-state index is 0.114. The summed E-state index contributed by atoms with van der Waals surface area (Å²) >= 11 is 0. The van der Waals surface area contributed by atoms with Gasteiger partial charge in [-0.25, -0.2) is 0 Å². The van der Waals surface area contributed by atoms with Gasteiger partial charge in [0.25, 0.3) is 0 Å². The van der Waals surface area contributed by atoms with Gasteiger partial charge in [-0.2, -0.15) is 0 Å². The average molecular weight is 234 g/mol. The Hall–Kier alpha value is -1.55. The van der Waals surface area contributed by atoms with Crippen LogP contribution in [0.4, 0.5) is 11.4 Å². The smallest absolute Gasteiger partial charge is 0.228 e. The van der Waals surface area contributed by atoms with Crippen LogP contribution in [0.5, 0.6) is 0 Å². The first-order valence-corrected chi connectivity index (χ1v) is 6.00. The number of fused-ring (bicyclic) bond motifs is 1. The maximum atomic E-state index is 12.0. The van der Waals surface area contributed by atoms with Crippen molar-refractivity contribution in [1.82, 2.24) is 0 Å². The number of hydrogen-bond donors (Lipinski definition) is 2. The molecule has 92 valence electrons. The first-order chi connectivity index (χ1) is 8.18. The molecule has 1 amide bonds. The second kappa shape index (κ2) is 5.19. The van der Waals surface area contributed by atoms with Gasteiger partial charge in [-0.1, -0.05) is 12.1 Å². The maximum Gasteiger partial charge on any atom is 0.228 e. The van der Waals surface area contributed by atoms with E-state index in [4.69, 9.17) is 0 Å². The molecule has 17 heavy (non-hydrogen) atoms. The Kier molecular flexibility index (Phi) is 3.64. The molecule has 1 aliphatic heterocycles. The molecule has 1 aromatic rings. The molecule has 0 aromatic heterocycles. The third kappa shape index (κ3) is 2.77. The van der Waals surface area contributed by atoms with Gasteiger partial charge in [0.2, 0.25) is 5.91 Å². The van der Waals surface area contributed by atoms with E-state index in [1.165, 1.54) is 0 Å². The predicted octanol–water partition coefficient (Wildman–Crippen LogP) is 1.61. The van der Waals surface area contributed by atoms with Gasteiger partial charge in [0.05, 0.1) is 17.5 Å². The number of anilines is 2. The molecule has 0 radical (unpaired) electrons. The molecule has 1 atom stereocenters. The van der Waals surface area contributed by atoms with Gasteiger partial charge in [-0.3, -0.25) is 4.79 Å². The molecule has 1 aromatic carbocycles. The molecule has 1 unspecified atom stereocenters. The van der Waals surface area contributed by atoms with Crippen LogP contribution in [-0.2, 0) is 4.79 Å². The van der Waals surface area contributed by atoms with Crippen LogP contribution in [0.15, 0.2) is 24.3 Å². The minimum Gasteiger partial charge on any atom is -0.393 e. The first-order valence-electron chi connectivity index (χ1n) is 6.00. The monoisotopic (exact) mass is 234 g/mol. The molecule has 0 saturated carbocycles. The van der Waals surface area contributed by atoms with Crippen LogP contribution < -0.4 is 10.2 Å². The lowest BCUT2D eigenvalue weighted by Gasteiger charge is -2.23. The van der Waals surface area contributed by atoms with Crippen molar-refractivity contribution in [3.63, 3.8) is 0 Å². The summed E-state index contributed by atoms with van der Waals surface area (Å²) < 4.78 is 0. The number of nitrogens with zero attached hydrogens (tertiary/aromatic N) is 1. The van der Waals surface area contributed by atoms with Gasteiger partial charge < -0.3 is 15.3 Å². The highest BCUT2D eigenvalue weighted by Gasteiger charge is 2.21. The maximum absolute atomic E-state index is 12.0. The Labute approximate surface area is 101 Å². The van der Waals surface area contributed by atoms with Crippen molar-refractivity contribution in [3.05, 3.63) is 24.3 Å². The molecule has 4 heteroatoms. The summed E-state index contributed by atoms with van der Waals surface area (Å²) in [6.07, 6.45) is 0.709. The summed E-state index contributed by atoms with van der Waals surface area (Å²) in [4.78, 5) is 13.8. The fourth-order valence-corrected chi connectivity index (χ4v) is 1.99. The van der Waals surface area contributed by atoms with Crippen LogP contribution in [0.1, 0.15) is 19.8 Å². The Bertz CT molecular complexity index is 404. The number of rotatable bonds is 3. The fourth-order valence-electron chi connectivity index (χ4n) is 1.99. The second-order valence-electron chi connectivity index (χ2n) is 4.38. The third-order valence-electron chi connectivity index (χ3n) is 2.92. The number of carbonyl (C=O) groups excluding carboxylic acids is 1. The van der Waals surface area contributed by atoms with Gasteiger partial charge in [0.15, 0.2) is 0 Å². The number of amides is 1. The van der Waals surface area contributed by atoms with Crippen molar-refractivity contribution in [2.75, 3.05) is 23.3 Å². The second-order valence-corrected chi connectivity index (χ2v) is 4.38. The van der Waals surface area contributed by atoms with E-state index in [9.17, 15) is 9.90 Å². The molecule has 2 N–H and O–H groups in total. The predicted molar refractivity (Wildman–Crippen MR) is 68.2 cm³/mol. The Morgan fingerprint density at radius 1 is 1.47 bits per heavy atom. The highest BCUT2D eigenvalue weighted by atomic mass is 16.3. The van der Waals surface area contributed by atoms with E-state index in [1.54, 1.807) is 11.8 Å². The van der Waals surface area contributed by atoms with E-state index in [0.717, 1.165) is 11.4 Å². The quantitative estimate of drug-likeness (QED) is 0.835. The standard InChI is InChI=1S/C13H18N2O2/c1-10(16)7-9-15-12-5-3-2-4-11(12)14-8-6-13(15)17/h2-5,10,14,16H,6-9H2,1H3. The van der Waals surface area contributed by atoms with E-state index >= 15 is 0 Å². The molecule has 0 saturated heterocycles. The Morgan fingerprint density at radius 3 is 3.00 bits per heavy atom. The van der Waals surface area contributed by atoms with Crippen molar-refractivity contribution >= 4 is 17.3 Å². The molecule has 0 bridgehead atoms. The topological polar surface area (TPSA) is 52.6 Å². The third-order valence-corrected chi connectivity index (χ3v) is 2.92. The van der Waals surface area contributed by atoms with Crippen molar-refractivity contribution in [3.8, 4) is 0 Å². The number of nitrogens with one attached hydrogen (secondary N) is 1. The van der Waals surface area contributed by atoms with Gasteiger partial charge in [-0.15, -0.1) is 0 Å². The van der Waals surface area contributed by atoms with Crippen molar-refractivity contribution in [2.45, 2.75) is 25.9 Å². The van der Waals surface area contributed by atoms with Crippen LogP contribution in [0, 0.1) is 0 Å². The highest BCUT2D eigenvalue weighted by molar-refractivity contribution is 5.98. The molecule has 4 nitrogen and oxygen atoms in total. The number of hydrogen-bond acceptors (Lipinski definition) is 3. The summed E-state index contributed by atoms with van der Waals surface area (Å²) in [6.45, 7) is 2.97. The number of para-hydroxylation sites is 2. The molecular weight excluding hydrogens is 216 g/mol. The van der Waals surface area contributed by atoms with Gasteiger partial charge in [0, 0.05) is 19.5 Å². The van der Waals surface area contributed by atoms with Gasteiger partial charge >= 0.3 is 0 Å². The number of benzene rings is 1. The molecule has 0 fully saturated rings. The number of carbonyl (C=O) groups is 1. The van der Waals surface area contributed by atoms with Gasteiger partial charge in [0.1, 0.15) is 0 Å². The van der Waals surface area contributed by atoms with Gasteiger partial charge in [-0.05, 0) is 25.5 Å². The van der Waals surface area contributed by atoms with E-state index in [-0.39, 0.29) is 12.0 Å². The van der Waals surface area contributed by atoms with Crippen molar-refractivity contribution in [1.29, 1.82) is 0 Å². The Morgan fingerprint density at radius 2 is 2.24 bits per heavy atom. The first kappa shape index (κ1) is 11.9. The molecule has 0 spiro atoms. The molecular formula is C13H18N2O2. The van der Waals surface area contributed by atoms with E-state index in [0.29, 0.717) is 25.9 Å².